The Morgan fingerprint density at radius 3 is 2.16 bits per heavy atom. The van der Waals surface area contributed by atoms with Gasteiger partial charge in [-0.15, -0.1) is 0 Å². The summed E-state index contributed by atoms with van der Waals surface area (Å²) in [6.07, 6.45) is 3.63. The average Bonchev–Trinajstić information content (AvgIpc) is 2.89. The molecule has 37 heavy (non-hydrogen) atoms. The Morgan fingerprint density at radius 1 is 1.05 bits per heavy atom. The summed E-state index contributed by atoms with van der Waals surface area (Å²) in [6, 6.07) is 7.54. The van der Waals surface area contributed by atoms with Crippen LogP contribution in [0.1, 0.15) is 49.5 Å². The quantitative estimate of drug-likeness (QED) is 0.394. The second-order valence-corrected chi connectivity index (χ2v) is 10.7. The van der Waals surface area contributed by atoms with Gasteiger partial charge in [-0.25, -0.2) is 9.37 Å². The van der Waals surface area contributed by atoms with Gasteiger partial charge in [0.1, 0.15) is 23.0 Å². The second-order valence-electron chi connectivity index (χ2n) is 10.4. The number of likely N-dealkylation sites (tertiary alicyclic amines) is 1. The van der Waals surface area contributed by atoms with Crippen LogP contribution in [0.4, 0.5) is 19.0 Å². The predicted molar refractivity (Wildman–Crippen MR) is 137 cm³/mol. The summed E-state index contributed by atoms with van der Waals surface area (Å²) < 4.78 is 42.5. The molecule has 0 saturated carbocycles. The molecule has 202 valence electrons. The van der Waals surface area contributed by atoms with E-state index in [4.69, 9.17) is 11.6 Å². The fourth-order valence-electron chi connectivity index (χ4n) is 5.30. The third kappa shape index (κ3) is 6.38. The normalized spacial score (nSPS) is 18.9. The Kier molecular flexibility index (Phi) is 8.66. The number of rotatable bonds is 7. The van der Waals surface area contributed by atoms with Gasteiger partial charge in [-0.05, 0) is 94.4 Å². The Hall–Kier alpha value is -2.36. The van der Waals surface area contributed by atoms with Crippen LogP contribution in [0.3, 0.4) is 0 Å². The number of aliphatic hydroxyl groups is 1. The van der Waals surface area contributed by atoms with Gasteiger partial charge in [0.05, 0.1) is 0 Å². The number of hydrogen-bond donors (Lipinski definition) is 1. The molecule has 1 amide bonds. The van der Waals surface area contributed by atoms with Gasteiger partial charge in [0, 0.05) is 37.3 Å². The number of hydrogen-bond acceptors (Lipinski definition) is 5. The highest BCUT2D eigenvalue weighted by atomic mass is 35.5. The minimum atomic E-state index is -3.66. The van der Waals surface area contributed by atoms with Crippen molar-refractivity contribution in [2.24, 2.45) is 11.8 Å². The molecule has 2 aliphatic rings. The molecule has 1 aromatic carbocycles. The number of benzene rings is 1. The highest BCUT2D eigenvalue weighted by Gasteiger charge is 2.44. The molecule has 2 aliphatic heterocycles. The molecule has 1 unspecified atom stereocenters. The highest BCUT2D eigenvalue weighted by Crippen LogP contribution is 2.35. The van der Waals surface area contributed by atoms with E-state index < -0.39 is 29.4 Å². The number of alkyl halides is 2. The van der Waals surface area contributed by atoms with Crippen LogP contribution in [0, 0.1) is 17.7 Å². The highest BCUT2D eigenvalue weighted by molar-refractivity contribution is 6.30. The number of aromatic nitrogens is 1. The maximum atomic E-state index is 14.7. The first-order valence-electron chi connectivity index (χ1n) is 12.8. The first-order valence-corrected chi connectivity index (χ1v) is 13.1. The van der Waals surface area contributed by atoms with Crippen molar-refractivity contribution in [1.82, 2.24) is 14.8 Å². The first-order chi connectivity index (χ1) is 17.6. The van der Waals surface area contributed by atoms with Gasteiger partial charge in [0.15, 0.2) is 0 Å². The molecule has 2 saturated heterocycles. The fourth-order valence-corrected chi connectivity index (χ4v) is 5.55. The number of nitrogens with zero attached hydrogens (tertiary/aromatic N) is 4. The van der Waals surface area contributed by atoms with Gasteiger partial charge in [0.25, 0.3) is 5.91 Å². The van der Waals surface area contributed by atoms with Crippen molar-refractivity contribution in [1.29, 1.82) is 0 Å². The lowest BCUT2D eigenvalue weighted by Crippen LogP contribution is -2.46. The lowest BCUT2D eigenvalue weighted by Gasteiger charge is -2.38. The number of pyridine rings is 1. The van der Waals surface area contributed by atoms with Crippen molar-refractivity contribution in [2.75, 3.05) is 45.2 Å². The molecule has 6 nitrogen and oxygen atoms in total. The zero-order chi connectivity index (χ0) is 26.7. The molecule has 0 spiro atoms. The number of carbonyl (C=O) groups is 1. The minimum Gasteiger partial charge on any atom is -0.374 e. The molecule has 0 radical (unpaired) electrons. The first kappa shape index (κ1) is 27.7. The smallest absolute Gasteiger partial charge is 0.349 e. The monoisotopic (exact) mass is 538 g/mol. The molecule has 2 aromatic rings. The van der Waals surface area contributed by atoms with Gasteiger partial charge in [-0.1, -0.05) is 11.6 Å². The zero-order valence-electron chi connectivity index (χ0n) is 21.2. The van der Waals surface area contributed by atoms with E-state index in [1.807, 2.05) is 12.1 Å². The third-order valence-corrected chi connectivity index (χ3v) is 7.92. The number of carbonyl (C=O) groups excluding carboxylic acids is 1. The number of halogens is 4. The van der Waals surface area contributed by atoms with Crippen LogP contribution in [0.15, 0.2) is 36.4 Å². The van der Waals surface area contributed by atoms with Crippen molar-refractivity contribution >= 4 is 23.3 Å². The Bertz CT molecular complexity index is 1070. The molecule has 10 heteroatoms. The molecular formula is C27H34ClF3N4O2. The fraction of sp³-hybridized carbons (Fsp3) is 0.556. The van der Waals surface area contributed by atoms with Gasteiger partial charge >= 0.3 is 5.92 Å². The second kappa shape index (κ2) is 11.6. The van der Waals surface area contributed by atoms with Gasteiger partial charge in [-0.2, -0.15) is 8.78 Å². The largest absolute Gasteiger partial charge is 0.374 e. The summed E-state index contributed by atoms with van der Waals surface area (Å²) in [5.41, 5.74) is 0.0950. The number of anilines is 1. The van der Waals surface area contributed by atoms with E-state index in [2.05, 4.69) is 9.88 Å². The van der Waals surface area contributed by atoms with Crippen LogP contribution in [-0.2, 0) is 10.7 Å². The van der Waals surface area contributed by atoms with Crippen molar-refractivity contribution < 1.29 is 23.1 Å². The maximum absolute atomic E-state index is 14.7. The third-order valence-electron chi connectivity index (χ3n) is 7.61. The average molecular weight is 539 g/mol. The van der Waals surface area contributed by atoms with Crippen LogP contribution in [0.5, 0.6) is 0 Å². The molecule has 0 aliphatic carbocycles. The van der Waals surface area contributed by atoms with Crippen molar-refractivity contribution in [3.05, 3.63) is 58.5 Å². The van der Waals surface area contributed by atoms with E-state index in [1.54, 1.807) is 19.0 Å². The van der Waals surface area contributed by atoms with Crippen molar-refractivity contribution in [3.8, 4) is 0 Å². The standard InChI is InChI=1S/C27H34ClF3N4O2/c1-33(2)25(36)22-7-8-23(32-24(22)28)34-13-9-18(10-14-34)17-19-11-15-35(16-12-19)26(37)27(30,31)20-3-5-21(29)6-4-20/h3-8,18-19,25,36H,9-17H2,1-2H3. The topological polar surface area (TPSA) is 59.9 Å². The molecule has 3 heterocycles. The minimum absolute atomic E-state index is 0.298. The Labute approximate surface area is 221 Å². The van der Waals surface area contributed by atoms with E-state index in [0.29, 0.717) is 48.5 Å². The molecular weight excluding hydrogens is 505 g/mol. The van der Waals surface area contributed by atoms with Gasteiger partial charge in [0.2, 0.25) is 0 Å². The van der Waals surface area contributed by atoms with Crippen LogP contribution in [0.25, 0.3) is 0 Å². The summed E-state index contributed by atoms with van der Waals surface area (Å²) in [5, 5.41) is 10.5. The van der Waals surface area contributed by atoms with Gasteiger partial charge in [-0.3, -0.25) is 9.69 Å². The maximum Gasteiger partial charge on any atom is 0.349 e. The van der Waals surface area contributed by atoms with Crippen LogP contribution in [0.2, 0.25) is 5.15 Å². The summed E-state index contributed by atoms with van der Waals surface area (Å²) in [5.74, 6) is -3.74. The summed E-state index contributed by atoms with van der Waals surface area (Å²) in [4.78, 5) is 22.1. The van der Waals surface area contributed by atoms with E-state index in [0.717, 1.165) is 62.4 Å². The SMILES string of the molecule is CN(C)C(O)c1ccc(N2CCC(CC3CCN(C(=O)C(F)(F)c4ccc(F)cc4)CC3)CC2)nc1Cl. The number of piperidine rings is 2. The lowest BCUT2D eigenvalue weighted by molar-refractivity contribution is -0.160. The summed E-state index contributed by atoms with van der Waals surface area (Å²) in [7, 11) is 3.54. The molecule has 1 atom stereocenters. The van der Waals surface area contributed by atoms with Crippen LogP contribution < -0.4 is 4.90 Å². The van der Waals surface area contributed by atoms with Crippen LogP contribution >= 0.6 is 11.6 Å². The number of aliphatic hydroxyl groups excluding tert-OH is 1. The van der Waals surface area contributed by atoms with E-state index in [1.165, 1.54) is 4.90 Å². The van der Waals surface area contributed by atoms with Crippen molar-refractivity contribution in [2.45, 2.75) is 44.3 Å². The van der Waals surface area contributed by atoms with E-state index in [-0.39, 0.29) is 0 Å². The molecule has 4 rings (SSSR count). The van der Waals surface area contributed by atoms with E-state index >= 15 is 0 Å². The summed E-state index contributed by atoms with van der Waals surface area (Å²) >= 11 is 6.33. The Balaban J connectivity index is 1.24. The molecule has 2 fully saturated rings. The number of amides is 1. The van der Waals surface area contributed by atoms with Gasteiger partial charge < -0.3 is 14.9 Å². The Morgan fingerprint density at radius 2 is 1.62 bits per heavy atom. The lowest BCUT2D eigenvalue weighted by atomic mass is 9.82. The van der Waals surface area contributed by atoms with E-state index in [9.17, 15) is 23.1 Å². The molecule has 0 bridgehead atoms. The van der Waals surface area contributed by atoms with Crippen molar-refractivity contribution in [3.63, 3.8) is 0 Å². The molecule has 1 aromatic heterocycles. The summed E-state index contributed by atoms with van der Waals surface area (Å²) in [6.45, 7) is 2.33. The molecule has 1 N–H and O–H groups in total. The zero-order valence-corrected chi connectivity index (χ0v) is 22.0. The van der Waals surface area contributed by atoms with Crippen LogP contribution in [-0.4, -0.2) is 66.1 Å². The predicted octanol–water partition coefficient (Wildman–Crippen LogP) is 5.06.